The number of nitrogens with zero attached hydrogens (tertiary/aromatic N) is 1. The molecule has 3 heteroatoms. The maximum atomic E-state index is 6.17. The van der Waals surface area contributed by atoms with Crippen molar-refractivity contribution < 1.29 is 0 Å². The van der Waals surface area contributed by atoms with Crippen molar-refractivity contribution in [3.63, 3.8) is 0 Å². The molecule has 1 rings (SSSR count). The number of hydrogen-bond acceptors (Lipinski definition) is 3. The van der Waals surface area contributed by atoms with Crippen molar-refractivity contribution >= 4 is 11.3 Å². The third kappa shape index (κ3) is 4.07. The lowest BCUT2D eigenvalue weighted by molar-refractivity contribution is 0.611. The van der Waals surface area contributed by atoms with E-state index in [1.165, 1.54) is 10.6 Å². The number of hydrogen-bond donors (Lipinski definition) is 1. The summed E-state index contributed by atoms with van der Waals surface area (Å²) in [5.41, 5.74) is 7.45. The van der Waals surface area contributed by atoms with Gasteiger partial charge in [0.05, 0.1) is 11.7 Å². The smallest absolute Gasteiger partial charge is 0.110 e. The monoisotopic (exact) mass is 254 g/mol. The third-order valence-electron chi connectivity index (χ3n) is 2.79. The summed E-state index contributed by atoms with van der Waals surface area (Å²) in [4.78, 5) is 6.21. The number of rotatable bonds is 6. The molecule has 0 radical (unpaired) electrons. The molecular weight excluding hydrogens is 228 g/mol. The van der Waals surface area contributed by atoms with Crippen LogP contribution in [-0.2, 0) is 6.42 Å². The van der Waals surface area contributed by atoms with Gasteiger partial charge in [-0.15, -0.1) is 11.3 Å². The molecule has 98 valence electrons. The van der Waals surface area contributed by atoms with Crippen molar-refractivity contribution in [3.05, 3.63) is 15.6 Å². The van der Waals surface area contributed by atoms with E-state index in [4.69, 9.17) is 10.7 Å². The molecule has 2 nitrogen and oxygen atoms in total. The fourth-order valence-corrected chi connectivity index (χ4v) is 3.09. The van der Waals surface area contributed by atoms with E-state index in [1.807, 2.05) is 11.3 Å². The molecule has 1 aromatic heterocycles. The molecule has 0 aliphatic rings. The van der Waals surface area contributed by atoms with Gasteiger partial charge in [-0.2, -0.15) is 0 Å². The maximum Gasteiger partial charge on any atom is 0.110 e. The Labute approximate surface area is 110 Å². The summed E-state index contributed by atoms with van der Waals surface area (Å²) in [6, 6.07) is 0.128. The average Bonchev–Trinajstić information content (AvgIpc) is 2.61. The zero-order valence-corrected chi connectivity index (χ0v) is 12.6. The van der Waals surface area contributed by atoms with Crippen molar-refractivity contribution in [2.45, 2.75) is 65.8 Å². The van der Waals surface area contributed by atoms with Crippen LogP contribution in [0.5, 0.6) is 0 Å². The molecule has 0 fully saturated rings. The summed E-state index contributed by atoms with van der Waals surface area (Å²) in [5, 5.41) is 1.13. The highest BCUT2D eigenvalue weighted by Gasteiger charge is 2.18. The Balaban J connectivity index is 2.95. The molecule has 1 heterocycles. The van der Waals surface area contributed by atoms with Crippen LogP contribution in [0.1, 0.15) is 75.0 Å². The SMILES string of the molecule is CCCC(N)c1nc(CC(C)C)c(C(C)C)s1. The molecule has 17 heavy (non-hydrogen) atoms. The first kappa shape index (κ1) is 14.7. The predicted molar refractivity (Wildman–Crippen MR) is 76.6 cm³/mol. The van der Waals surface area contributed by atoms with Crippen LogP contribution in [0.2, 0.25) is 0 Å². The molecular formula is C14H26N2S. The van der Waals surface area contributed by atoms with Gasteiger partial charge in [0.1, 0.15) is 5.01 Å². The van der Waals surface area contributed by atoms with E-state index in [2.05, 4.69) is 34.6 Å². The van der Waals surface area contributed by atoms with Gasteiger partial charge in [-0.25, -0.2) is 4.98 Å². The van der Waals surface area contributed by atoms with Gasteiger partial charge in [0.2, 0.25) is 0 Å². The molecule has 0 bridgehead atoms. The standard InChI is InChI=1S/C14H26N2S/c1-6-7-11(15)14-16-12(8-9(2)3)13(17-14)10(4)5/h9-11H,6-8,15H2,1-5H3. The van der Waals surface area contributed by atoms with E-state index in [-0.39, 0.29) is 6.04 Å². The van der Waals surface area contributed by atoms with Crippen LogP contribution in [-0.4, -0.2) is 4.98 Å². The minimum Gasteiger partial charge on any atom is -0.322 e. The van der Waals surface area contributed by atoms with Gasteiger partial charge in [0.15, 0.2) is 0 Å². The van der Waals surface area contributed by atoms with Gasteiger partial charge in [-0.3, -0.25) is 0 Å². The first-order valence-electron chi connectivity index (χ1n) is 6.70. The summed E-state index contributed by atoms with van der Waals surface area (Å²) < 4.78 is 0. The van der Waals surface area contributed by atoms with Crippen LogP contribution in [0.15, 0.2) is 0 Å². The molecule has 0 amide bonds. The lowest BCUT2D eigenvalue weighted by atomic mass is 10.0. The second kappa shape index (κ2) is 6.50. The van der Waals surface area contributed by atoms with E-state index in [1.54, 1.807) is 0 Å². The van der Waals surface area contributed by atoms with E-state index < -0.39 is 0 Å². The topological polar surface area (TPSA) is 38.9 Å². The van der Waals surface area contributed by atoms with Gasteiger partial charge in [0, 0.05) is 4.88 Å². The van der Waals surface area contributed by atoms with Gasteiger partial charge in [-0.05, 0) is 24.7 Å². The average molecular weight is 254 g/mol. The van der Waals surface area contributed by atoms with Gasteiger partial charge in [0.25, 0.3) is 0 Å². The van der Waals surface area contributed by atoms with Crippen molar-refractivity contribution in [1.29, 1.82) is 0 Å². The first-order valence-corrected chi connectivity index (χ1v) is 7.52. The fourth-order valence-electron chi connectivity index (χ4n) is 1.96. The fraction of sp³-hybridized carbons (Fsp3) is 0.786. The molecule has 0 aliphatic heterocycles. The zero-order chi connectivity index (χ0) is 13.0. The summed E-state index contributed by atoms with van der Waals surface area (Å²) in [5.74, 6) is 1.22. The van der Waals surface area contributed by atoms with Crippen molar-refractivity contribution in [1.82, 2.24) is 4.98 Å². The summed E-state index contributed by atoms with van der Waals surface area (Å²) in [7, 11) is 0. The number of aromatic nitrogens is 1. The molecule has 0 aromatic carbocycles. The lowest BCUT2D eigenvalue weighted by Crippen LogP contribution is -2.09. The summed E-state index contributed by atoms with van der Waals surface area (Å²) in [6.07, 6.45) is 3.23. The summed E-state index contributed by atoms with van der Waals surface area (Å²) in [6.45, 7) is 11.1. The van der Waals surface area contributed by atoms with Gasteiger partial charge < -0.3 is 5.73 Å². The highest BCUT2D eigenvalue weighted by Crippen LogP contribution is 2.31. The van der Waals surface area contributed by atoms with Crippen molar-refractivity contribution in [2.75, 3.05) is 0 Å². The van der Waals surface area contributed by atoms with E-state index >= 15 is 0 Å². The Morgan fingerprint density at radius 2 is 1.88 bits per heavy atom. The summed E-state index contributed by atoms with van der Waals surface area (Å²) >= 11 is 1.82. The van der Waals surface area contributed by atoms with Crippen molar-refractivity contribution in [2.24, 2.45) is 11.7 Å². The molecule has 0 saturated carbocycles. The minimum absolute atomic E-state index is 0.128. The number of thiazole rings is 1. The second-order valence-corrected chi connectivity index (χ2v) is 6.57. The quantitative estimate of drug-likeness (QED) is 0.823. The number of nitrogens with two attached hydrogens (primary N) is 1. The van der Waals surface area contributed by atoms with Gasteiger partial charge >= 0.3 is 0 Å². The van der Waals surface area contributed by atoms with Gasteiger partial charge in [-0.1, -0.05) is 41.0 Å². The molecule has 2 N–H and O–H groups in total. The predicted octanol–water partition coefficient (Wildman–Crippen LogP) is 4.26. The van der Waals surface area contributed by atoms with E-state index in [0.29, 0.717) is 11.8 Å². The molecule has 1 atom stereocenters. The molecule has 0 spiro atoms. The Kier molecular flexibility index (Phi) is 5.60. The Hall–Kier alpha value is -0.410. The highest BCUT2D eigenvalue weighted by molar-refractivity contribution is 7.11. The Morgan fingerprint density at radius 1 is 1.24 bits per heavy atom. The van der Waals surface area contributed by atoms with Crippen LogP contribution in [0.3, 0.4) is 0 Å². The van der Waals surface area contributed by atoms with Crippen LogP contribution >= 0.6 is 11.3 Å². The third-order valence-corrected chi connectivity index (χ3v) is 4.32. The van der Waals surface area contributed by atoms with Crippen LogP contribution in [0.4, 0.5) is 0 Å². The van der Waals surface area contributed by atoms with E-state index in [0.717, 1.165) is 24.3 Å². The molecule has 1 unspecified atom stereocenters. The van der Waals surface area contributed by atoms with Crippen LogP contribution in [0, 0.1) is 5.92 Å². The van der Waals surface area contributed by atoms with E-state index in [9.17, 15) is 0 Å². The molecule has 0 saturated heterocycles. The largest absolute Gasteiger partial charge is 0.322 e. The van der Waals surface area contributed by atoms with Crippen molar-refractivity contribution in [3.8, 4) is 0 Å². The lowest BCUT2D eigenvalue weighted by Gasteiger charge is -2.06. The molecule has 0 aliphatic carbocycles. The van der Waals surface area contributed by atoms with Crippen LogP contribution in [0.25, 0.3) is 0 Å². The second-order valence-electron chi connectivity index (χ2n) is 5.51. The normalized spacial score (nSPS) is 13.6. The molecule has 1 aromatic rings. The first-order chi connectivity index (χ1) is 7.95. The van der Waals surface area contributed by atoms with Crippen LogP contribution < -0.4 is 5.73 Å². The Morgan fingerprint density at radius 3 is 2.35 bits per heavy atom. The Bertz CT molecular complexity index is 342. The highest BCUT2D eigenvalue weighted by atomic mass is 32.1. The minimum atomic E-state index is 0.128. The maximum absolute atomic E-state index is 6.17. The zero-order valence-electron chi connectivity index (χ0n) is 11.8.